The maximum atomic E-state index is 12.5. The highest BCUT2D eigenvalue weighted by Gasteiger charge is 2.19. The second-order valence-electron chi connectivity index (χ2n) is 16.3. The maximum absolute atomic E-state index is 12.5. The molecular weight excluding hydrogens is 636 g/mol. The van der Waals surface area contributed by atoms with Gasteiger partial charge in [0.2, 0.25) is 0 Å². The number of carbonyl (C=O) groups excluding carboxylic acids is 3. The highest BCUT2D eigenvalue weighted by molar-refractivity contribution is 5.71. The SMILES string of the molecule is CCCCCCCC(=O)O[C@H](COC(=O)CCCCCCCCCCCCCCCC(C)C)COC(=O)CCCCCCCCCCCC(C)C. The minimum absolute atomic E-state index is 0.0664. The smallest absolute Gasteiger partial charge is 0.306 e. The van der Waals surface area contributed by atoms with Crippen LogP contribution in [-0.2, 0) is 28.6 Å². The quantitative estimate of drug-likeness (QED) is 0.0357. The number of rotatable bonds is 39. The van der Waals surface area contributed by atoms with E-state index in [2.05, 4.69) is 34.6 Å². The Labute approximate surface area is 317 Å². The molecule has 0 aliphatic heterocycles. The van der Waals surface area contributed by atoms with Crippen LogP contribution in [0.25, 0.3) is 0 Å². The molecule has 0 aliphatic carbocycles. The topological polar surface area (TPSA) is 78.9 Å². The predicted octanol–water partition coefficient (Wildman–Crippen LogP) is 13.8. The summed E-state index contributed by atoms with van der Waals surface area (Å²) in [5.41, 5.74) is 0. The number of ether oxygens (including phenoxy) is 3. The van der Waals surface area contributed by atoms with Crippen molar-refractivity contribution in [2.24, 2.45) is 11.8 Å². The highest BCUT2D eigenvalue weighted by atomic mass is 16.6. The predicted molar refractivity (Wildman–Crippen MR) is 215 cm³/mol. The summed E-state index contributed by atoms with van der Waals surface area (Å²) in [5, 5.41) is 0. The molecule has 302 valence electrons. The molecule has 6 heteroatoms. The Hall–Kier alpha value is -1.59. The van der Waals surface area contributed by atoms with Crippen molar-refractivity contribution in [3.63, 3.8) is 0 Å². The van der Waals surface area contributed by atoms with E-state index in [1.807, 2.05) is 0 Å². The number of esters is 3. The van der Waals surface area contributed by atoms with Crippen molar-refractivity contribution in [2.75, 3.05) is 13.2 Å². The lowest BCUT2D eigenvalue weighted by molar-refractivity contribution is -0.167. The lowest BCUT2D eigenvalue weighted by Crippen LogP contribution is -2.30. The Kier molecular flexibility index (Phi) is 37.0. The third-order valence-electron chi connectivity index (χ3n) is 9.97. The van der Waals surface area contributed by atoms with Gasteiger partial charge < -0.3 is 14.2 Å². The number of unbranched alkanes of at least 4 members (excludes halogenated alkanes) is 24. The highest BCUT2D eigenvalue weighted by Crippen LogP contribution is 2.16. The summed E-state index contributed by atoms with van der Waals surface area (Å²) in [6, 6.07) is 0. The summed E-state index contributed by atoms with van der Waals surface area (Å²) in [6.07, 6.45) is 35.5. The number of carbonyl (C=O) groups is 3. The summed E-state index contributed by atoms with van der Waals surface area (Å²) in [4.78, 5) is 37.4. The van der Waals surface area contributed by atoms with E-state index < -0.39 is 6.10 Å². The Bertz CT molecular complexity index is 779. The molecule has 0 aromatic heterocycles. The van der Waals surface area contributed by atoms with Gasteiger partial charge in [-0.15, -0.1) is 0 Å². The van der Waals surface area contributed by atoms with Crippen molar-refractivity contribution in [3.8, 4) is 0 Å². The minimum Gasteiger partial charge on any atom is -0.462 e. The Morgan fingerprint density at radius 2 is 0.647 bits per heavy atom. The first-order valence-electron chi connectivity index (χ1n) is 22.2. The van der Waals surface area contributed by atoms with Crippen LogP contribution in [0.2, 0.25) is 0 Å². The number of hydrogen-bond donors (Lipinski definition) is 0. The van der Waals surface area contributed by atoms with Crippen LogP contribution in [-0.4, -0.2) is 37.2 Å². The van der Waals surface area contributed by atoms with Gasteiger partial charge in [-0.1, -0.05) is 202 Å². The van der Waals surface area contributed by atoms with Crippen molar-refractivity contribution in [1.29, 1.82) is 0 Å². The standard InChI is InChI=1S/C45H86O6/c1-6-7-8-23-32-37-45(48)51-42(39-50-44(47)36-31-27-22-18-14-16-20-25-29-34-41(4)5)38-49-43(46)35-30-26-21-17-13-11-9-10-12-15-19-24-28-33-40(2)3/h40-42H,6-39H2,1-5H3/t42-/m1/s1. The third kappa shape index (κ3) is 39.5. The molecule has 51 heavy (non-hydrogen) atoms. The Morgan fingerprint density at radius 3 is 0.961 bits per heavy atom. The number of hydrogen-bond acceptors (Lipinski definition) is 6. The van der Waals surface area contributed by atoms with Crippen LogP contribution in [0.1, 0.15) is 240 Å². The van der Waals surface area contributed by atoms with Crippen LogP contribution in [0, 0.1) is 11.8 Å². The van der Waals surface area contributed by atoms with Crippen molar-refractivity contribution < 1.29 is 28.6 Å². The summed E-state index contributed by atoms with van der Waals surface area (Å²) < 4.78 is 16.6. The van der Waals surface area contributed by atoms with E-state index in [0.29, 0.717) is 19.3 Å². The average Bonchev–Trinajstić information content (AvgIpc) is 3.09. The molecule has 0 bridgehead atoms. The van der Waals surface area contributed by atoms with Crippen molar-refractivity contribution in [1.82, 2.24) is 0 Å². The van der Waals surface area contributed by atoms with E-state index in [4.69, 9.17) is 14.2 Å². The monoisotopic (exact) mass is 723 g/mol. The van der Waals surface area contributed by atoms with Crippen LogP contribution in [0.3, 0.4) is 0 Å². The van der Waals surface area contributed by atoms with Crippen LogP contribution in [0.4, 0.5) is 0 Å². The third-order valence-corrected chi connectivity index (χ3v) is 9.97. The molecule has 0 heterocycles. The molecule has 0 N–H and O–H groups in total. The summed E-state index contributed by atoms with van der Waals surface area (Å²) >= 11 is 0. The lowest BCUT2D eigenvalue weighted by atomic mass is 10.0. The molecule has 0 fully saturated rings. The molecule has 6 nitrogen and oxygen atoms in total. The molecule has 0 radical (unpaired) electrons. The van der Waals surface area contributed by atoms with E-state index in [0.717, 1.165) is 76.0 Å². The van der Waals surface area contributed by atoms with Crippen molar-refractivity contribution >= 4 is 17.9 Å². The van der Waals surface area contributed by atoms with Gasteiger partial charge in [0.05, 0.1) is 0 Å². The summed E-state index contributed by atoms with van der Waals surface area (Å²) in [6.45, 7) is 11.2. The van der Waals surface area contributed by atoms with Crippen LogP contribution >= 0.6 is 0 Å². The molecule has 0 saturated carbocycles. The molecule has 0 unspecified atom stereocenters. The van der Waals surface area contributed by atoms with E-state index in [1.54, 1.807) is 0 Å². The first-order valence-corrected chi connectivity index (χ1v) is 22.2. The van der Waals surface area contributed by atoms with Crippen molar-refractivity contribution in [3.05, 3.63) is 0 Å². The van der Waals surface area contributed by atoms with E-state index in [1.165, 1.54) is 122 Å². The fourth-order valence-electron chi connectivity index (χ4n) is 6.58. The van der Waals surface area contributed by atoms with Gasteiger partial charge >= 0.3 is 17.9 Å². The van der Waals surface area contributed by atoms with Crippen LogP contribution < -0.4 is 0 Å². The fourth-order valence-corrected chi connectivity index (χ4v) is 6.58. The molecule has 1 atom stereocenters. The van der Waals surface area contributed by atoms with Gasteiger partial charge in [-0.3, -0.25) is 14.4 Å². The maximum Gasteiger partial charge on any atom is 0.306 e. The van der Waals surface area contributed by atoms with Crippen LogP contribution in [0.5, 0.6) is 0 Å². The molecule has 0 aliphatic rings. The molecule has 0 saturated heterocycles. The zero-order valence-electron chi connectivity index (χ0n) is 34.7. The molecule has 0 rings (SSSR count). The van der Waals surface area contributed by atoms with E-state index in [-0.39, 0.29) is 31.1 Å². The zero-order chi connectivity index (χ0) is 37.6. The lowest BCUT2D eigenvalue weighted by Gasteiger charge is -2.18. The van der Waals surface area contributed by atoms with E-state index >= 15 is 0 Å². The molecule has 0 aromatic rings. The second-order valence-corrected chi connectivity index (χ2v) is 16.3. The normalized spacial score (nSPS) is 12.1. The fraction of sp³-hybridized carbons (Fsp3) is 0.933. The zero-order valence-corrected chi connectivity index (χ0v) is 34.7. The van der Waals surface area contributed by atoms with Crippen molar-refractivity contribution in [2.45, 2.75) is 246 Å². The van der Waals surface area contributed by atoms with Gasteiger partial charge in [0, 0.05) is 19.3 Å². The first-order chi connectivity index (χ1) is 24.7. The van der Waals surface area contributed by atoms with E-state index in [9.17, 15) is 14.4 Å². The van der Waals surface area contributed by atoms with Gasteiger partial charge in [-0.2, -0.15) is 0 Å². The largest absolute Gasteiger partial charge is 0.462 e. The Morgan fingerprint density at radius 1 is 0.373 bits per heavy atom. The molecule has 0 aromatic carbocycles. The van der Waals surface area contributed by atoms with Gasteiger partial charge in [0.1, 0.15) is 13.2 Å². The first kappa shape index (κ1) is 49.4. The van der Waals surface area contributed by atoms with Gasteiger partial charge in [-0.25, -0.2) is 0 Å². The minimum atomic E-state index is -0.758. The molecule has 0 spiro atoms. The van der Waals surface area contributed by atoms with Gasteiger partial charge in [0.25, 0.3) is 0 Å². The van der Waals surface area contributed by atoms with Gasteiger partial charge in [-0.05, 0) is 31.1 Å². The Balaban J connectivity index is 4.14. The molecular formula is C45H86O6. The van der Waals surface area contributed by atoms with Gasteiger partial charge in [0.15, 0.2) is 6.10 Å². The van der Waals surface area contributed by atoms with Crippen LogP contribution in [0.15, 0.2) is 0 Å². The summed E-state index contributed by atoms with van der Waals surface area (Å²) in [7, 11) is 0. The average molecular weight is 723 g/mol. The summed E-state index contributed by atoms with van der Waals surface area (Å²) in [5.74, 6) is 0.775. The second kappa shape index (κ2) is 38.1. The molecule has 0 amide bonds.